The fourth-order valence-electron chi connectivity index (χ4n) is 2.91. The Kier molecular flexibility index (Phi) is 4.59. The van der Waals surface area contributed by atoms with Gasteiger partial charge in [-0.15, -0.1) is 0 Å². The van der Waals surface area contributed by atoms with E-state index in [0.717, 1.165) is 17.2 Å². The number of alkyl halides is 3. The lowest BCUT2D eigenvalue weighted by molar-refractivity contribution is -0.142. The molecular weight excluding hydrogens is 343 g/mol. The van der Waals surface area contributed by atoms with Crippen LogP contribution in [0.1, 0.15) is 21.6 Å². The molecule has 0 radical (unpaired) electrons. The van der Waals surface area contributed by atoms with Gasteiger partial charge in [0, 0.05) is 17.4 Å². The number of carbonyl (C=O) groups is 1. The van der Waals surface area contributed by atoms with E-state index in [1.807, 2.05) is 0 Å². The average Bonchev–Trinajstić information content (AvgIpc) is 3.03. The van der Waals surface area contributed by atoms with Crippen LogP contribution < -0.4 is 0 Å². The van der Waals surface area contributed by atoms with E-state index in [4.69, 9.17) is 0 Å². The second kappa shape index (κ2) is 6.71. The van der Waals surface area contributed by atoms with E-state index in [-0.39, 0.29) is 5.56 Å². The Hall–Kier alpha value is -3.02. The van der Waals surface area contributed by atoms with E-state index < -0.39 is 23.4 Å². The molecule has 0 amide bonds. The first-order chi connectivity index (χ1) is 12.3. The zero-order valence-electron chi connectivity index (χ0n) is 14.2. The molecule has 0 saturated heterocycles. The summed E-state index contributed by atoms with van der Waals surface area (Å²) in [5.74, 6) is -1.03. The van der Waals surface area contributed by atoms with E-state index >= 15 is 0 Å². The van der Waals surface area contributed by atoms with Gasteiger partial charge in [-0.2, -0.15) is 13.2 Å². The number of rotatable bonds is 3. The minimum Gasteiger partial charge on any atom is -0.465 e. The summed E-state index contributed by atoms with van der Waals surface area (Å²) in [5, 5.41) is 0. The lowest BCUT2D eigenvalue weighted by Crippen LogP contribution is -2.17. The van der Waals surface area contributed by atoms with Crippen LogP contribution >= 0.6 is 0 Å². The van der Waals surface area contributed by atoms with Gasteiger partial charge in [-0.1, -0.05) is 42.5 Å². The molecule has 0 fully saturated rings. The van der Waals surface area contributed by atoms with Gasteiger partial charge in [0.2, 0.25) is 0 Å². The van der Waals surface area contributed by atoms with Crippen molar-refractivity contribution in [2.75, 3.05) is 7.11 Å². The summed E-state index contributed by atoms with van der Waals surface area (Å²) in [6, 6.07) is 15.1. The summed E-state index contributed by atoms with van der Waals surface area (Å²) in [6.45, 7) is 1.79. The van der Waals surface area contributed by atoms with E-state index in [0.29, 0.717) is 11.3 Å². The fraction of sp³-hybridized carbons (Fsp3) is 0.150. The first kappa shape index (κ1) is 17.8. The van der Waals surface area contributed by atoms with Gasteiger partial charge in [0.25, 0.3) is 0 Å². The zero-order chi connectivity index (χ0) is 18.9. The predicted octanol–water partition coefficient (Wildman–Crippen LogP) is 5.26. The lowest BCUT2D eigenvalue weighted by Gasteiger charge is -2.14. The molecule has 0 spiro atoms. The molecule has 1 heterocycles. The molecule has 3 rings (SSSR count). The highest BCUT2D eigenvalue weighted by Crippen LogP contribution is 2.40. The molecule has 0 N–H and O–H groups in total. The molecule has 0 atom stereocenters. The molecule has 134 valence electrons. The molecule has 2 aromatic carbocycles. The summed E-state index contributed by atoms with van der Waals surface area (Å²) in [7, 11) is 1.07. The molecule has 1 aromatic heterocycles. The van der Waals surface area contributed by atoms with Crippen LogP contribution in [0.3, 0.4) is 0 Å². The topological polar surface area (TPSA) is 31.2 Å². The number of benzene rings is 2. The summed E-state index contributed by atoms with van der Waals surface area (Å²) in [4.78, 5) is 12.3. The van der Waals surface area contributed by atoms with Crippen molar-refractivity contribution in [1.29, 1.82) is 0 Å². The third-order valence-electron chi connectivity index (χ3n) is 4.03. The van der Waals surface area contributed by atoms with Crippen molar-refractivity contribution in [2.24, 2.45) is 0 Å². The van der Waals surface area contributed by atoms with E-state index in [1.165, 1.54) is 6.20 Å². The summed E-state index contributed by atoms with van der Waals surface area (Å²) < 4.78 is 47.3. The van der Waals surface area contributed by atoms with E-state index in [1.54, 1.807) is 61.5 Å². The van der Waals surface area contributed by atoms with Gasteiger partial charge in [-0.3, -0.25) is 0 Å². The first-order valence-electron chi connectivity index (χ1n) is 7.86. The number of esters is 1. The van der Waals surface area contributed by atoms with Crippen LogP contribution in [0.25, 0.3) is 16.8 Å². The molecule has 3 aromatic rings. The number of nitrogens with zero attached hydrogens (tertiary/aromatic N) is 1. The Labute approximate surface area is 148 Å². The van der Waals surface area contributed by atoms with Crippen LogP contribution in [0.2, 0.25) is 0 Å². The second-order valence-corrected chi connectivity index (χ2v) is 5.83. The van der Waals surface area contributed by atoms with Crippen molar-refractivity contribution in [2.45, 2.75) is 13.1 Å². The maximum Gasteiger partial charge on any atom is 0.432 e. The zero-order valence-corrected chi connectivity index (χ0v) is 14.2. The van der Waals surface area contributed by atoms with Gasteiger partial charge >= 0.3 is 12.1 Å². The van der Waals surface area contributed by atoms with Crippen LogP contribution in [0.4, 0.5) is 13.2 Å². The Morgan fingerprint density at radius 3 is 2.31 bits per heavy atom. The molecule has 0 unspecified atom stereocenters. The largest absolute Gasteiger partial charge is 0.465 e. The number of hydrogen-bond acceptors (Lipinski definition) is 2. The first-order valence-corrected chi connectivity index (χ1v) is 7.86. The van der Waals surface area contributed by atoms with Gasteiger partial charge in [0.15, 0.2) is 0 Å². The SMILES string of the molecule is COC(=O)c1c(-c2ccccc2)cn(-c2cccc(C)c2)c1C(F)(F)F. The molecule has 6 heteroatoms. The van der Waals surface area contributed by atoms with Crippen molar-refractivity contribution in [3.63, 3.8) is 0 Å². The van der Waals surface area contributed by atoms with Crippen molar-refractivity contribution in [3.05, 3.63) is 77.6 Å². The van der Waals surface area contributed by atoms with Crippen molar-refractivity contribution >= 4 is 5.97 Å². The number of carbonyl (C=O) groups excluding carboxylic acids is 1. The minimum absolute atomic E-state index is 0.172. The quantitative estimate of drug-likeness (QED) is 0.598. The van der Waals surface area contributed by atoms with Gasteiger partial charge in [-0.25, -0.2) is 4.79 Å². The summed E-state index contributed by atoms with van der Waals surface area (Å²) in [6.07, 6.45) is -3.40. The normalized spacial score (nSPS) is 11.4. The molecule has 0 bridgehead atoms. The van der Waals surface area contributed by atoms with Crippen LogP contribution in [0.15, 0.2) is 60.8 Å². The highest BCUT2D eigenvalue weighted by Gasteiger charge is 2.42. The summed E-state index contributed by atoms with van der Waals surface area (Å²) >= 11 is 0. The fourth-order valence-corrected chi connectivity index (χ4v) is 2.91. The third kappa shape index (κ3) is 3.22. The maximum absolute atomic E-state index is 13.9. The van der Waals surface area contributed by atoms with Gasteiger partial charge in [-0.05, 0) is 30.2 Å². The third-order valence-corrected chi connectivity index (χ3v) is 4.03. The van der Waals surface area contributed by atoms with Crippen molar-refractivity contribution in [3.8, 4) is 16.8 Å². The van der Waals surface area contributed by atoms with Crippen molar-refractivity contribution in [1.82, 2.24) is 4.57 Å². The Balaban J connectivity index is 2.38. The number of halogens is 3. The molecule has 0 aliphatic rings. The summed E-state index contributed by atoms with van der Waals surface area (Å²) in [5.41, 5.74) is 0.271. The standard InChI is InChI=1S/C20H16F3NO2/c1-13-7-6-10-15(11-13)24-12-16(14-8-4-3-5-9-14)17(19(25)26-2)18(24)20(21,22)23/h3-12H,1-2H3. The van der Waals surface area contributed by atoms with Crippen molar-refractivity contribution < 1.29 is 22.7 Å². The molecular formula is C20H16F3NO2. The lowest BCUT2D eigenvalue weighted by atomic mass is 10.0. The number of ether oxygens (including phenoxy) is 1. The highest BCUT2D eigenvalue weighted by molar-refractivity contribution is 5.99. The van der Waals surface area contributed by atoms with Crippen LogP contribution in [-0.4, -0.2) is 17.6 Å². The highest BCUT2D eigenvalue weighted by atomic mass is 19.4. The number of aromatic nitrogens is 1. The van der Waals surface area contributed by atoms with Gasteiger partial charge < -0.3 is 9.30 Å². The average molecular weight is 359 g/mol. The molecule has 3 nitrogen and oxygen atoms in total. The monoisotopic (exact) mass is 359 g/mol. The van der Waals surface area contributed by atoms with Gasteiger partial charge in [0.05, 0.1) is 12.7 Å². The Morgan fingerprint density at radius 1 is 1.04 bits per heavy atom. The predicted molar refractivity (Wildman–Crippen MR) is 92.3 cm³/mol. The second-order valence-electron chi connectivity index (χ2n) is 5.83. The molecule has 0 aliphatic carbocycles. The number of aryl methyl sites for hydroxylation is 1. The van der Waals surface area contributed by atoms with Crippen LogP contribution in [0, 0.1) is 6.92 Å². The molecule has 0 aliphatic heterocycles. The number of methoxy groups -OCH3 is 1. The number of hydrogen-bond donors (Lipinski definition) is 0. The van der Waals surface area contributed by atoms with Crippen LogP contribution in [0.5, 0.6) is 0 Å². The van der Waals surface area contributed by atoms with E-state index in [9.17, 15) is 18.0 Å². The van der Waals surface area contributed by atoms with Crippen LogP contribution in [-0.2, 0) is 10.9 Å². The van der Waals surface area contributed by atoms with Gasteiger partial charge in [0.1, 0.15) is 5.69 Å². The van der Waals surface area contributed by atoms with E-state index in [2.05, 4.69) is 4.74 Å². The Bertz CT molecular complexity index is 943. The molecule has 0 saturated carbocycles. The smallest absolute Gasteiger partial charge is 0.432 e. The maximum atomic E-state index is 13.9. The molecule has 26 heavy (non-hydrogen) atoms. The minimum atomic E-state index is -4.74. The Morgan fingerprint density at radius 2 is 1.73 bits per heavy atom.